The standard InChI is InChI=1S/C19H19N3O3/c1-3-13-4-6-14(7-5-13)12-21(2)19(23)17-11-20-18-9-8-15(22(24)25)10-16(17)18/h4-11,20H,3,12H2,1-2H3. The smallest absolute Gasteiger partial charge is 0.270 e. The van der Waals surface area contributed by atoms with Crippen LogP contribution in [0.15, 0.2) is 48.7 Å². The van der Waals surface area contributed by atoms with E-state index in [1.54, 1.807) is 24.2 Å². The first kappa shape index (κ1) is 16.7. The van der Waals surface area contributed by atoms with Crippen molar-refractivity contribution in [2.45, 2.75) is 19.9 Å². The van der Waals surface area contributed by atoms with Gasteiger partial charge in [0.05, 0.1) is 10.5 Å². The summed E-state index contributed by atoms with van der Waals surface area (Å²) >= 11 is 0. The van der Waals surface area contributed by atoms with Crippen LogP contribution in [0.2, 0.25) is 0 Å². The molecule has 1 aromatic heterocycles. The normalized spacial score (nSPS) is 10.8. The van der Waals surface area contributed by atoms with E-state index in [1.807, 2.05) is 12.1 Å². The molecule has 0 unspecified atom stereocenters. The van der Waals surface area contributed by atoms with Crippen LogP contribution in [0.25, 0.3) is 10.9 Å². The lowest BCUT2D eigenvalue weighted by molar-refractivity contribution is -0.384. The van der Waals surface area contributed by atoms with Crippen LogP contribution in [0.3, 0.4) is 0 Å². The minimum absolute atomic E-state index is 0.0287. The number of aryl methyl sites for hydroxylation is 1. The number of benzene rings is 2. The number of aromatic nitrogens is 1. The second-order valence-electron chi connectivity index (χ2n) is 6.02. The van der Waals surface area contributed by atoms with Crippen LogP contribution in [0.4, 0.5) is 5.69 Å². The van der Waals surface area contributed by atoms with E-state index in [4.69, 9.17) is 0 Å². The van der Waals surface area contributed by atoms with E-state index in [1.165, 1.54) is 17.7 Å². The highest BCUT2D eigenvalue weighted by molar-refractivity contribution is 6.07. The summed E-state index contributed by atoms with van der Waals surface area (Å²) in [4.78, 5) is 27.9. The largest absolute Gasteiger partial charge is 0.360 e. The zero-order valence-electron chi connectivity index (χ0n) is 14.2. The molecule has 0 aliphatic rings. The number of H-pyrrole nitrogens is 1. The molecule has 6 nitrogen and oxygen atoms in total. The summed E-state index contributed by atoms with van der Waals surface area (Å²) < 4.78 is 0. The molecule has 0 fully saturated rings. The van der Waals surface area contributed by atoms with Gasteiger partial charge in [-0.1, -0.05) is 31.2 Å². The lowest BCUT2D eigenvalue weighted by Gasteiger charge is -2.17. The monoisotopic (exact) mass is 337 g/mol. The van der Waals surface area contributed by atoms with Crippen molar-refractivity contribution in [2.24, 2.45) is 0 Å². The van der Waals surface area contributed by atoms with Gasteiger partial charge in [0.15, 0.2) is 0 Å². The van der Waals surface area contributed by atoms with Crippen molar-refractivity contribution in [1.29, 1.82) is 0 Å². The van der Waals surface area contributed by atoms with Crippen molar-refractivity contribution in [3.63, 3.8) is 0 Å². The quantitative estimate of drug-likeness (QED) is 0.566. The molecule has 0 saturated heterocycles. The third-order valence-corrected chi connectivity index (χ3v) is 4.30. The summed E-state index contributed by atoms with van der Waals surface area (Å²) in [6, 6.07) is 12.6. The van der Waals surface area contributed by atoms with Crippen LogP contribution in [-0.2, 0) is 13.0 Å². The van der Waals surface area contributed by atoms with Gasteiger partial charge in [0.1, 0.15) is 0 Å². The predicted octanol–water partition coefficient (Wildman–Crippen LogP) is 3.91. The number of hydrogen-bond donors (Lipinski definition) is 1. The SMILES string of the molecule is CCc1ccc(CN(C)C(=O)c2c[nH]c3ccc([N+](=O)[O-])cc23)cc1. The second-order valence-corrected chi connectivity index (χ2v) is 6.02. The van der Waals surface area contributed by atoms with Crippen LogP contribution in [0, 0.1) is 10.1 Å². The summed E-state index contributed by atoms with van der Waals surface area (Å²) in [6.45, 7) is 2.57. The topological polar surface area (TPSA) is 79.2 Å². The average Bonchev–Trinajstić information content (AvgIpc) is 3.04. The first-order valence-electron chi connectivity index (χ1n) is 8.08. The molecule has 1 amide bonds. The first-order valence-corrected chi connectivity index (χ1v) is 8.08. The molecule has 0 bridgehead atoms. The highest BCUT2D eigenvalue weighted by Crippen LogP contribution is 2.24. The van der Waals surface area contributed by atoms with Crippen molar-refractivity contribution in [1.82, 2.24) is 9.88 Å². The van der Waals surface area contributed by atoms with E-state index in [2.05, 4.69) is 24.0 Å². The fourth-order valence-corrected chi connectivity index (χ4v) is 2.83. The zero-order chi connectivity index (χ0) is 18.0. The molecule has 128 valence electrons. The molecule has 0 radical (unpaired) electrons. The Labute approximate surface area is 145 Å². The first-order chi connectivity index (χ1) is 12.0. The molecule has 1 heterocycles. The minimum atomic E-state index is -0.459. The molecule has 3 rings (SSSR count). The number of aromatic amines is 1. The molecule has 6 heteroatoms. The van der Waals surface area contributed by atoms with Crippen molar-refractivity contribution >= 4 is 22.5 Å². The van der Waals surface area contributed by atoms with E-state index in [-0.39, 0.29) is 11.6 Å². The van der Waals surface area contributed by atoms with E-state index in [9.17, 15) is 14.9 Å². The number of nitro groups is 1. The molecule has 0 saturated carbocycles. The highest BCUT2D eigenvalue weighted by Gasteiger charge is 2.18. The van der Waals surface area contributed by atoms with Crippen LogP contribution in [0.5, 0.6) is 0 Å². The van der Waals surface area contributed by atoms with E-state index in [0.717, 1.165) is 12.0 Å². The number of carbonyl (C=O) groups is 1. The molecule has 0 atom stereocenters. The molecular formula is C19H19N3O3. The number of fused-ring (bicyclic) bond motifs is 1. The Morgan fingerprint density at radius 2 is 1.84 bits per heavy atom. The van der Waals surface area contributed by atoms with E-state index >= 15 is 0 Å². The molecule has 0 aliphatic carbocycles. The lowest BCUT2D eigenvalue weighted by Crippen LogP contribution is -2.26. The number of nitrogens with zero attached hydrogens (tertiary/aromatic N) is 2. The van der Waals surface area contributed by atoms with Crippen LogP contribution in [-0.4, -0.2) is 27.8 Å². The molecule has 2 aromatic carbocycles. The minimum Gasteiger partial charge on any atom is -0.360 e. The van der Waals surface area contributed by atoms with Crippen LogP contribution in [0.1, 0.15) is 28.4 Å². The maximum absolute atomic E-state index is 12.8. The Kier molecular flexibility index (Phi) is 4.52. The molecule has 25 heavy (non-hydrogen) atoms. The predicted molar refractivity (Wildman–Crippen MR) is 96.6 cm³/mol. The Morgan fingerprint density at radius 1 is 1.16 bits per heavy atom. The summed E-state index contributed by atoms with van der Waals surface area (Å²) in [5.74, 6) is -0.175. The maximum atomic E-state index is 12.8. The maximum Gasteiger partial charge on any atom is 0.270 e. The average molecular weight is 337 g/mol. The number of nitrogens with one attached hydrogen (secondary N) is 1. The number of amides is 1. The summed E-state index contributed by atoms with van der Waals surface area (Å²) in [6.07, 6.45) is 2.58. The van der Waals surface area contributed by atoms with Gasteiger partial charge in [-0.2, -0.15) is 0 Å². The number of rotatable bonds is 5. The zero-order valence-corrected chi connectivity index (χ0v) is 14.2. The third-order valence-electron chi connectivity index (χ3n) is 4.30. The Balaban J connectivity index is 1.85. The number of hydrogen-bond acceptors (Lipinski definition) is 3. The van der Waals surface area contributed by atoms with E-state index < -0.39 is 4.92 Å². The number of nitro benzene ring substituents is 1. The molecule has 0 aliphatic heterocycles. The Bertz CT molecular complexity index is 929. The van der Waals surface area contributed by atoms with Gasteiger partial charge in [-0.15, -0.1) is 0 Å². The van der Waals surface area contributed by atoms with Gasteiger partial charge in [0.25, 0.3) is 11.6 Å². The second kappa shape index (κ2) is 6.76. The van der Waals surface area contributed by atoms with Gasteiger partial charge in [0, 0.05) is 42.8 Å². The highest BCUT2D eigenvalue weighted by atomic mass is 16.6. The summed E-state index contributed by atoms with van der Waals surface area (Å²) in [7, 11) is 1.73. The lowest BCUT2D eigenvalue weighted by atomic mass is 10.1. The van der Waals surface area contributed by atoms with Crippen LogP contribution >= 0.6 is 0 Å². The van der Waals surface area contributed by atoms with E-state index in [0.29, 0.717) is 23.0 Å². The van der Waals surface area contributed by atoms with Gasteiger partial charge < -0.3 is 9.88 Å². The number of carbonyl (C=O) groups excluding carboxylic acids is 1. The fraction of sp³-hybridized carbons (Fsp3) is 0.211. The van der Waals surface area contributed by atoms with Crippen LogP contribution < -0.4 is 0 Å². The summed E-state index contributed by atoms with van der Waals surface area (Å²) in [5, 5.41) is 11.5. The number of non-ortho nitro benzene ring substituents is 1. The molecule has 0 spiro atoms. The molecule has 1 N–H and O–H groups in total. The van der Waals surface area contributed by atoms with Crippen molar-refractivity contribution in [3.8, 4) is 0 Å². The Hall–Kier alpha value is -3.15. The van der Waals surface area contributed by atoms with Gasteiger partial charge in [-0.25, -0.2) is 0 Å². The Morgan fingerprint density at radius 3 is 2.48 bits per heavy atom. The van der Waals surface area contributed by atoms with Gasteiger partial charge in [0.2, 0.25) is 0 Å². The fourth-order valence-electron chi connectivity index (χ4n) is 2.83. The van der Waals surface area contributed by atoms with Gasteiger partial charge >= 0.3 is 0 Å². The molecular weight excluding hydrogens is 318 g/mol. The van der Waals surface area contributed by atoms with Gasteiger partial charge in [-0.05, 0) is 23.6 Å². The third kappa shape index (κ3) is 3.38. The van der Waals surface area contributed by atoms with Gasteiger partial charge in [-0.3, -0.25) is 14.9 Å². The van der Waals surface area contributed by atoms with Crippen molar-refractivity contribution < 1.29 is 9.72 Å². The van der Waals surface area contributed by atoms with Crippen molar-refractivity contribution in [3.05, 3.63) is 75.5 Å². The summed E-state index contributed by atoms with van der Waals surface area (Å²) in [5.41, 5.74) is 3.40. The molecule has 3 aromatic rings. The van der Waals surface area contributed by atoms with Crippen molar-refractivity contribution in [2.75, 3.05) is 7.05 Å².